The maximum Gasteiger partial charge on any atom is -0.0149 e. The van der Waals surface area contributed by atoms with Crippen LogP contribution in [-0.2, 0) is 0 Å². The summed E-state index contributed by atoms with van der Waals surface area (Å²) in [6, 6.07) is 0. The van der Waals surface area contributed by atoms with Crippen LogP contribution in [0.3, 0.4) is 0 Å². The average Bonchev–Trinajstić information content (AvgIpc) is 2.66. The molecule has 20 heavy (non-hydrogen) atoms. The lowest BCUT2D eigenvalue weighted by Crippen LogP contribution is -2.35. The molecule has 0 N–H and O–H groups in total. The topological polar surface area (TPSA) is 0 Å². The number of rotatable bonds is 3. The molecule has 0 spiro atoms. The van der Waals surface area contributed by atoms with Gasteiger partial charge in [0, 0.05) is 0 Å². The van der Waals surface area contributed by atoms with Crippen LogP contribution < -0.4 is 0 Å². The van der Waals surface area contributed by atoms with E-state index < -0.39 is 0 Å². The second kappa shape index (κ2) is 5.70. The van der Waals surface area contributed by atoms with Crippen LogP contribution in [0.1, 0.15) is 73.1 Å². The van der Waals surface area contributed by atoms with Crippen molar-refractivity contribution in [3.63, 3.8) is 0 Å². The zero-order valence-corrected chi connectivity index (χ0v) is 14.3. The highest BCUT2D eigenvalue weighted by atomic mass is 14.5. The highest BCUT2D eigenvalue weighted by molar-refractivity contribution is 5.16. The van der Waals surface area contributed by atoms with Crippen molar-refractivity contribution in [1.29, 1.82) is 0 Å². The Morgan fingerprint density at radius 3 is 2.70 bits per heavy atom. The van der Waals surface area contributed by atoms with Gasteiger partial charge in [0.2, 0.25) is 0 Å². The molecule has 2 rings (SSSR count). The number of fused-ring (bicyclic) bond motifs is 1. The number of hydrogen-bond acceptors (Lipinski definition) is 0. The van der Waals surface area contributed by atoms with Gasteiger partial charge in [-0.1, -0.05) is 58.9 Å². The summed E-state index contributed by atoms with van der Waals surface area (Å²) in [6.07, 6.45) is 13.0. The fourth-order valence-electron chi connectivity index (χ4n) is 4.80. The largest absolute Gasteiger partial charge is 0.0996 e. The van der Waals surface area contributed by atoms with Crippen LogP contribution in [0.15, 0.2) is 24.3 Å². The molecule has 0 heteroatoms. The molecule has 0 heterocycles. The molecule has 0 nitrogen and oxygen atoms in total. The molecule has 0 saturated heterocycles. The summed E-state index contributed by atoms with van der Waals surface area (Å²) >= 11 is 0. The summed E-state index contributed by atoms with van der Waals surface area (Å²) in [5, 5.41) is 0. The normalized spacial score (nSPS) is 36.4. The van der Waals surface area contributed by atoms with Crippen molar-refractivity contribution >= 4 is 0 Å². The van der Waals surface area contributed by atoms with E-state index in [1.54, 1.807) is 5.57 Å². The number of allylic oxidation sites excluding steroid dienone is 3. The second-order valence-electron chi connectivity index (χ2n) is 8.81. The molecule has 2 saturated carbocycles. The fraction of sp³-hybridized carbons (Fsp3) is 0.800. The Bertz CT molecular complexity index is 381. The van der Waals surface area contributed by atoms with Gasteiger partial charge in [0.15, 0.2) is 0 Å². The monoisotopic (exact) mass is 274 g/mol. The molecule has 0 amide bonds. The molecule has 0 aromatic carbocycles. The molecule has 4 atom stereocenters. The molecule has 0 bridgehead atoms. The minimum absolute atomic E-state index is 0.414. The molecule has 0 aromatic heterocycles. The summed E-state index contributed by atoms with van der Waals surface area (Å²) < 4.78 is 0. The van der Waals surface area contributed by atoms with E-state index in [0.717, 1.165) is 17.8 Å². The summed E-state index contributed by atoms with van der Waals surface area (Å²) in [5.41, 5.74) is 2.49. The highest BCUT2D eigenvalue weighted by Crippen LogP contribution is 2.59. The molecule has 0 radical (unpaired) electrons. The Balaban J connectivity index is 2.04. The predicted octanol–water partition coefficient (Wildman–Crippen LogP) is 6.39. The zero-order chi connectivity index (χ0) is 15.0. The van der Waals surface area contributed by atoms with Gasteiger partial charge < -0.3 is 0 Å². The van der Waals surface area contributed by atoms with Gasteiger partial charge in [0.05, 0.1) is 0 Å². The van der Waals surface area contributed by atoms with Crippen molar-refractivity contribution in [2.45, 2.75) is 73.1 Å². The Morgan fingerprint density at radius 2 is 2.05 bits per heavy atom. The average molecular weight is 274 g/mol. The van der Waals surface area contributed by atoms with E-state index in [1.165, 1.54) is 38.5 Å². The van der Waals surface area contributed by atoms with Gasteiger partial charge in [-0.15, -0.1) is 0 Å². The first-order valence-electron chi connectivity index (χ1n) is 8.58. The molecule has 2 aliphatic carbocycles. The first-order chi connectivity index (χ1) is 9.24. The molecule has 114 valence electrons. The van der Waals surface area contributed by atoms with Gasteiger partial charge >= 0.3 is 0 Å². The van der Waals surface area contributed by atoms with Gasteiger partial charge in [0.1, 0.15) is 0 Å². The quantitative estimate of drug-likeness (QED) is 0.523. The van der Waals surface area contributed by atoms with Crippen LogP contribution in [0.2, 0.25) is 0 Å². The van der Waals surface area contributed by atoms with E-state index in [1.807, 2.05) is 0 Å². The van der Waals surface area contributed by atoms with E-state index in [4.69, 9.17) is 0 Å². The Hall–Kier alpha value is -0.520. The lowest BCUT2D eigenvalue weighted by atomic mass is 9.61. The molecular weight excluding hydrogens is 240 g/mol. The van der Waals surface area contributed by atoms with Gasteiger partial charge in [-0.25, -0.2) is 0 Å². The maximum absolute atomic E-state index is 4.37. The van der Waals surface area contributed by atoms with Crippen LogP contribution in [0.5, 0.6) is 0 Å². The van der Waals surface area contributed by atoms with Crippen molar-refractivity contribution in [2.24, 2.45) is 28.6 Å². The molecule has 3 unspecified atom stereocenters. The van der Waals surface area contributed by atoms with Crippen molar-refractivity contribution in [3.05, 3.63) is 24.3 Å². The zero-order valence-electron chi connectivity index (χ0n) is 14.3. The van der Waals surface area contributed by atoms with E-state index in [0.29, 0.717) is 10.8 Å². The van der Waals surface area contributed by atoms with E-state index in [9.17, 15) is 0 Å². The third-order valence-corrected chi connectivity index (χ3v) is 5.92. The van der Waals surface area contributed by atoms with Crippen molar-refractivity contribution in [2.75, 3.05) is 0 Å². The van der Waals surface area contributed by atoms with Crippen molar-refractivity contribution in [3.8, 4) is 0 Å². The lowest BCUT2D eigenvalue weighted by molar-refractivity contribution is 0.112. The predicted molar refractivity (Wildman–Crippen MR) is 89.7 cm³/mol. The minimum atomic E-state index is 0.414. The van der Waals surface area contributed by atoms with Crippen molar-refractivity contribution in [1.82, 2.24) is 0 Å². The first kappa shape index (κ1) is 15.9. The summed E-state index contributed by atoms with van der Waals surface area (Å²) in [4.78, 5) is 0. The van der Waals surface area contributed by atoms with Crippen LogP contribution >= 0.6 is 0 Å². The first-order valence-corrected chi connectivity index (χ1v) is 8.58. The lowest BCUT2D eigenvalue weighted by Gasteiger charge is -2.43. The van der Waals surface area contributed by atoms with Gasteiger partial charge in [-0.2, -0.15) is 0 Å². The SMILES string of the molecule is C=C1CCCC2(C)C1CCC2[C@H](C)/C=C/CC(C)(C)C. The highest BCUT2D eigenvalue weighted by Gasteiger charge is 2.49. The smallest absolute Gasteiger partial charge is 0.0149 e. The van der Waals surface area contributed by atoms with Crippen molar-refractivity contribution < 1.29 is 0 Å². The summed E-state index contributed by atoms with van der Waals surface area (Å²) in [6.45, 7) is 16.3. The number of hydrogen-bond donors (Lipinski definition) is 0. The standard InChI is InChI=1S/C20H34/c1-15(9-7-13-19(3,4)5)17-11-12-18-16(2)10-8-14-20(17,18)6/h7,9,15,17-18H,2,8,10-14H2,1,3-6H3/b9-7+/t15-,17?,18?,20?/m1/s1. The molecular formula is C20H34. The summed E-state index contributed by atoms with van der Waals surface area (Å²) in [5.74, 6) is 2.39. The molecule has 0 aliphatic heterocycles. The fourth-order valence-corrected chi connectivity index (χ4v) is 4.80. The Morgan fingerprint density at radius 1 is 1.35 bits per heavy atom. The van der Waals surface area contributed by atoms with Crippen LogP contribution in [0.25, 0.3) is 0 Å². The Kier molecular flexibility index (Phi) is 4.52. The van der Waals surface area contributed by atoms with Gasteiger partial charge in [-0.05, 0) is 67.1 Å². The van der Waals surface area contributed by atoms with E-state index in [2.05, 4.69) is 53.3 Å². The second-order valence-corrected chi connectivity index (χ2v) is 8.81. The van der Waals surface area contributed by atoms with Crippen LogP contribution in [0.4, 0.5) is 0 Å². The maximum atomic E-state index is 4.37. The van der Waals surface area contributed by atoms with Crippen LogP contribution in [0, 0.1) is 28.6 Å². The Labute approximate surface area is 126 Å². The molecule has 2 aliphatic rings. The third-order valence-electron chi connectivity index (χ3n) is 5.92. The van der Waals surface area contributed by atoms with Crippen LogP contribution in [-0.4, -0.2) is 0 Å². The minimum Gasteiger partial charge on any atom is -0.0996 e. The molecule has 2 fully saturated rings. The van der Waals surface area contributed by atoms with Gasteiger partial charge in [-0.3, -0.25) is 0 Å². The van der Waals surface area contributed by atoms with E-state index in [-0.39, 0.29) is 0 Å². The van der Waals surface area contributed by atoms with E-state index >= 15 is 0 Å². The van der Waals surface area contributed by atoms with Gasteiger partial charge in [0.25, 0.3) is 0 Å². The molecule has 0 aromatic rings. The summed E-state index contributed by atoms with van der Waals surface area (Å²) in [7, 11) is 0. The third kappa shape index (κ3) is 3.21.